The fourth-order valence-electron chi connectivity index (χ4n) is 3.30. The van der Waals surface area contributed by atoms with Gasteiger partial charge in [0.15, 0.2) is 17.4 Å². The van der Waals surface area contributed by atoms with Crippen LogP contribution in [0.25, 0.3) is 0 Å². The minimum Gasteiger partial charge on any atom is -0.309 e. The summed E-state index contributed by atoms with van der Waals surface area (Å²) in [7, 11) is 0. The fourth-order valence-corrected chi connectivity index (χ4v) is 3.30. The molecule has 0 N–H and O–H groups in total. The van der Waals surface area contributed by atoms with E-state index in [0.29, 0.717) is 11.1 Å². The quantitative estimate of drug-likeness (QED) is 0.482. The van der Waals surface area contributed by atoms with E-state index in [0.717, 1.165) is 17.0 Å². The number of ketones is 1. The van der Waals surface area contributed by atoms with E-state index >= 15 is 0 Å². The second-order valence-electron chi connectivity index (χ2n) is 6.97. The zero-order chi connectivity index (χ0) is 22.9. The average molecular weight is 445 g/mol. The Morgan fingerprint density at radius 2 is 1.97 bits per heavy atom. The standard InChI is InChI=1S/C20H17F6N3O2/c1-2-14(22)16-9-29(18-15(23)7-12(8-27-18)20(24,25)26)19(31)28(16)10-17(30)11-4-3-5-13(21)6-11/h3-8,14,16H,2,9-10H2,1H3/t14-,16+/m0/s1. The Morgan fingerprint density at radius 1 is 1.26 bits per heavy atom. The van der Waals surface area contributed by atoms with Gasteiger partial charge in [0, 0.05) is 11.8 Å². The molecule has 0 spiro atoms. The number of Topliss-reactive ketones (excluding diaryl/α,β-unsaturated/α-hetero) is 1. The number of halogens is 6. The molecule has 1 aromatic heterocycles. The van der Waals surface area contributed by atoms with Crippen molar-refractivity contribution in [1.29, 1.82) is 0 Å². The molecule has 2 heterocycles. The van der Waals surface area contributed by atoms with Gasteiger partial charge in [-0.25, -0.2) is 22.9 Å². The topological polar surface area (TPSA) is 53.5 Å². The average Bonchev–Trinajstić information content (AvgIpc) is 3.02. The van der Waals surface area contributed by atoms with Crippen LogP contribution in [0.5, 0.6) is 0 Å². The lowest BCUT2D eigenvalue weighted by atomic mass is 10.1. The molecule has 1 aromatic carbocycles. The number of benzene rings is 1. The molecule has 1 fully saturated rings. The summed E-state index contributed by atoms with van der Waals surface area (Å²) in [5.74, 6) is -3.47. The lowest BCUT2D eigenvalue weighted by molar-refractivity contribution is -0.138. The van der Waals surface area contributed by atoms with E-state index < -0.39 is 66.3 Å². The van der Waals surface area contributed by atoms with Crippen LogP contribution in [0.2, 0.25) is 0 Å². The minimum atomic E-state index is -4.83. The predicted octanol–water partition coefficient (Wildman–Crippen LogP) is 4.62. The Bertz CT molecular complexity index is 997. The van der Waals surface area contributed by atoms with Gasteiger partial charge in [0.1, 0.15) is 12.0 Å². The molecule has 0 aliphatic carbocycles. The number of rotatable bonds is 6. The van der Waals surface area contributed by atoms with Crippen LogP contribution in [0, 0.1) is 11.6 Å². The number of amides is 2. The summed E-state index contributed by atoms with van der Waals surface area (Å²) in [5, 5.41) is 0. The molecule has 1 saturated heterocycles. The molecule has 2 amide bonds. The normalized spacial score (nSPS) is 17.9. The highest BCUT2D eigenvalue weighted by Crippen LogP contribution is 2.33. The molecule has 1 aliphatic heterocycles. The van der Waals surface area contributed by atoms with Crippen LogP contribution in [-0.2, 0) is 6.18 Å². The zero-order valence-corrected chi connectivity index (χ0v) is 16.2. The maximum absolute atomic E-state index is 14.5. The molecule has 0 unspecified atom stereocenters. The number of alkyl halides is 4. The molecule has 5 nitrogen and oxygen atoms in total. The molecular formula is C20H17F6N3O2. The summed E-state index contributed by atoms with van der Waals surface area (Å²) >= 11 is 0. The van der Waals surface area contributed by atoms with Crippen molar-refractivity contribution in [1.82, 2.24) is 9.88 Å². The molecule has 2 atom stereocenters. The van der Waals surface area contributed by atoms with Gasteiger partial charge in [-0.2, -0.15) is 13.2 Å². The summed E-state index contributed by atoms with van der Waals surface area (Å²) in [6.45, 7) is 0.465. The summed E-state index contributed by atoms with van der Waals surface area (Å²) in [5.41, 5.74) is -1.39. The number of pyridine rings is 1. The summed E-state index contributed by atoms with van der Waals surface area (Å²) in [6, 6.07) is 2.73. The van der Waals surface area contributed by atoms with Gasteiger partial charge in [-0.3, -0.25) is 9.69 Å². The third-order valence-corrected chi connectivity index (χ3v) is 4.92. The van der Waals surface area contributed by atoms with Crippen molar-refractivity contribution < 1.29 is 35.9 Å². The molecule has 0 bridgehead atoms. The highest BCUT2D eigenvalue weighted by atomic mass is 19.4. The van der Waals surface area contributed by atoms with E-state index in [9.17, 15) is 35.9 Å². The van der Waals surface area contributed by atoms with Crippen LogP contribution in [0.1, 0.15) is 29.3 Å². The lowest BCUT2D eigenvalue weighted by Gasteiger charge is -2.24. The van der Waals surface area contributed by atoms with E-state index in [-0.39, 0.29) is 18.1 Å². The molecule has 11 heteroatoms. The van der Waals surface area contributed by atoms with Gasteiger partial charge in [-0.05, 0) is 24.6 Å². The number of carbonyl (C=O) groups is 2. The van der Waals surface area contributed by atoms with Crippen LogP contribution in [-0.4, -0.2) is 47.0 Å². The van der Waals surface area contributed by atoms with E-state index in [1.165, 1.54) is 19.1 Å². The van der Waals surface area contributed by atoms with Crippen molar-refractivity contribution in [2.24, 2.45) is 0 Å². The molecule has 166 valence electrons. The van der Waals surface area contributed by atoms with Gasteiger partial charge >= 0.3 is 12.2 Å². The van der Waals surface area contributed by atoms with Crippen LogP contribution in [0.15, 0.2) is 36.5 Å². The van der Waals surface area contributed by atoms with E-state index in [2.05, 4.69) is 4.98 Å². The van der Waals surface area contributed by atoms with Crippen molar-refractivity contribution in [2.45, 2.75) is 31.7 Å². The third kappa shape index (κ3) is 4.64. The first-order valence-electron chi connectivity index (χ1n) is 9.26. The molecule has 0 saturated carbocycles. The highest BCUT2D eigenvalue weighted by molar-refractivity contribution is 6.02. The molecule has 2 aromatic rings. The smallest absolute Gasteiger partial charge is 0.309 e. The van der Waals surface area contributed by atoms with Gasteiger partial charge in [0.05, 0.1) is 24.7 Å². The third-order valence-electron chi connectivity index (χ3n) is 4.92. The maximum atomic E-state index is 14.5. The van der Waals surface area contributed by atoms with Gasteiger partial charge in [0.2, 0.25) is 0 Å². The Hall–Kier alpha value is -3.11. The number of anilines is 1. The summed E-state index contributed by atoms with van der Waals surface area (Å²) in [6.07, 6.45) is -6.08. The molecule has 31 heavy (non-hydrogen) atoms. The Kier molecular flexibility index (Phi) is 6.23. The van der Waals surface area contributed by atoms with E-state index in [1.54, 1.807) is 0 Å². The van der Waals surface area contributed by atoms with Gasteiger partial charge in [-0.15, -0.1) is 0 Å². The molecule has 0 radical (unpaired) electrons. The number of hydrogen-bond donors (Lipinski definition) is 0. The fraction of sp³-hybridized carbons (Fsp3) is 0.350. The largest absolute Gasteiger partial charge is 0.417 e. The van der Waals surface area contributed by atoms with Crippen molar-refractivity contribution >= 4 is 17.6 Å². The van der Waals surface area contributed by atoms with Crippen LogP contribution >= 0.6 is 0 Å². The van der Waals surface area contributed by atoms with Crippen molar-refractivity contribution in [3.8, 4) is 0 Å². The number of urea groups is 1. The van der Waals surface area contributed by atoms with Crippen LogP contribution in [0.4, 0.5) is 37.0 Å². The second-order valence-corrected chi connectivity index (χ2v) is 6.97. The van der Waals surface area contributed by atoms with E-state index in [1.807, 2.05) is 0 Å². The van der Waals surface area contributed by atoms with Gasteiger partial charge < -0.3 is 4.90 Å². The molecule has 3 rings (SSSR count). The number of nitrogens with zero attached hydrogens (tertiary/aromatic N) is 3. The molecular weight excluding hydrogens is 428 g/mol. The van der Waals surface area contributed by atoms with Crippen LogP contribution in [0.3, 0.4) is 0 Å². The Labute approximate surface area is 173 Å². The monoisotopic (exact) mass is 445 g/mol. The SMILES string of the molecule is CC[C@H](F)[C@H]1CN(c2ncc(C(F)(F)F)cc2F)C(=O)N1CC(=O)c1cccc(F)c1. The second kappa shape index (κ2) is 8.56. The zero-order valence-electron chi connectivity index (χ0n) is 16.2. The van der Waals surface area contributed by atoms with E-state index in [4.69, 9.17) is 0 Å². The summed E-state index contributed by atoms with van der Waals surface area (Å²) < 4.78 is 80.5. The van der Waals surface area contributed by atoms with Crippen molar-refractivity contribution in [3.63, 3.8) is 0 Å². The Balaban J connectivity index is 1.90. The number of hydrogen-bond acceptors (Lipinski definition) is 3. The minimum absolute atomic E-state index is 0.0284. The van der Waals surface area contributed by atoms with Gasteiger partial charge in [-0.1, -0.05) is 19.1 Å². The highest BCUT2D eigenvalue weighted by Gasteiger charge is 2.44. The summed E-state index contributed by atoms with van der Waals surface area (Å²) in [4.78, 5) is 30.3. The number of carbonyl (C=O) groups excluding carboxylic acids is 2. The van der Waals surface area contributed by atoms with Crippen molar-refractivity contribution in [2.75, 3.05) is 18.0 Å². The van der Waals surface area contributed by atoms with Gasteiger partial charge in [0.25, 0.3) is 0 Å². The maximum Gasteiger partial charge on any atom is 0.417 e. The van der Waals surface area contributed by atoms with Crippen molar-refractivity contribution in [3.05, 3.63) is 59.3 Å². The first kappa shape index (κ1) is 22.6. The predicted molar refractivity (Wildman–Crippen MR) is 98.4 cm³/mol. The first-order valence-corrected chi connectivity index (χ1v) is 9.26. The Morgan fingerprint density at radius 3 is 2.55 bits per heavy atom. The molecule has 1 aliphatic rings. The lowest BCUT2D eigenvalue weighted by Crippen LogP contribution is -2.43. The number of aromatic nitrogens is 1. The first-order chi connectivity index (χ1) is 14.5. The van der Waals surface area contributed by atoms with Crippen LogP contribution < -0.4 is 4.90 Å².